The zero-order chi connectivity index (χ0) is 25.8. The minimum Gasteiger partial charge on any atom is -0.360 e. The Morgan fingerprint density at radius 1 is 0.946 bits per heavy atom. The Kier molecular flexibility index (Phi) is 6.70. The van der Waals surface area contributed by atoms with E-state index >= 15 is 0 Å². The van der Waals surface area contributed by atoms with Gasteiger partial charge in [-0.25, -0.2) is 9.97 Å². The molecule has 5 aromatic rings. The molecule has 0 unspecified atom stereocenters. The second-order valence-corrected chi connectivity index (χ2v) is 8.64. The van der Waals surface area contributed by atoms with E-state index in [4.69, 9.17) is 11.6 Å². The van der Waals surface area contributed by atoms with Crippen molar-refractivity contribution in [1.29, 1.82) is 0 Å². The second kappa shape index (κ2) is 10.4. The number of nitrogens with one attached hydrogen (secondary N) is 4. The quantitative estimate of drug-likeness (QED) is 0.165. The second-order valence-electron chi connectivity index (χ2n) is 8.23. The highest BCUT2D eigenvalue weighted by Crippen LogP contribution is 2.32. The highest BCUT2D eigenvalue weighted by Gasteiger charge is 2.13. The molecule has 0 bridgehead atoms. The number of hydrogen-bond acceptors (Lipinski definition) is 5. The Morgan fingerprint density at radius 3 is 2.54 bits per heavy atom. The predicted molar refractivity (Wildman–Crippen MR) is 151 cm³/mol. The number of para-hydroxylation sites is 1. The molecule has 0 atom stereocenters. The molecule has 2 heterocycles. The van der Waals surface area contributed by atoms with Gasteiger partial charge < -0.3 is 20.9 Å². The number of aromatic nitrogens is 3. The minimum atomic E-state index is -0.226. The molecule has 0 aliphatic carbocycles. The lowest BCUT2D eigenvalue weighted by Gasteiger charge is -2.11. The number of fused-ring (bicyclic) bond motifs is 1. The molecule has 0 aliphatic heterocycles. The first-order valence-electron chi connectivity index (χ1n) is 11.5. The van der Waals surface area contributed by atoms with Crippen LogP contribution in [0.15, 0.2) is 110 Å². The van der Waals surface area contributed by atoms with Crippen LogP contribution in [0.2, 0.25) is 5.02 Å². The summed E-state index contributed by atoms with van der Waals surface area (Å²) in [5.74, 6) is 0.160. The molecule has 182 valence electrons. The zero-order valence-corrected chi connectivity index (χ0v) is 20.5. The zero-order valence-electron chi connectivity index (χ0n) is 19.8. The summed E-state index contributed by atoms with van der Waals surface area (Å²) >= 11 is 6.45. The van der Waals surface area contributed by atoms with E-state index in [0.717, 1.165) is 22.2 Å². The van der Waals surface area contributed by atoms with Gasteiger partial charge in [-0.15, -0.1) is 0 Å². The number of H-pyrrole nitrogens is 1. The maximum atomic E-state index is 12.8. The molecule has 0 spiro atoms. The summed E-state index contributed by atoms with van der Waals surface area (Å²) in [6, 6.07) is 22.4. The number of aromatic amines is 1. The first-order chi connectivity index (χ1) is 18.0. The van der Waals surface area contributed by atoms with Crippen LogP contribution in [-0.2, 0) is 0 Å². The van der Waals surface area contributed by atoms with Gasteiger partial charge in [-0.1, -0.05) is 49.0 Å². The van der Waals surface area contributed by atoms with Crippen LogP contribution in [0.1, 0.15) is 10.4 Å². The molecule has 2 aromatic heterocycles. The third-order valence-electron chi connectivity index (χ3n) is 5.66. The number of amides is 1. The van der Waals surface area contributed by atoms with Gasteiger partial charge in [0.25, 0.3) is 5.91 Å². The summed E-state index contributed by atoms with van der Waals surface area (Å²) in [6.07, 6.45) is 5.08. The number of anilines is 4. The Hall–Kier alpha value is -4.88. The highest BCUT2D eigenvalue weighted by molar-refractivity contribution is 6.33. The van der Waals surface area contributed by atoms with Crippen LogP contribution in [0.5, 0.6) is 0 Å². The summed E-state index contributed by atoms with van der Waals surface area (Å²) in [6.45, 7) is 7.49. The average Bonchev–Trinajstić information content (AvgIpc) is 3.34. The van der Waals surface area contributed by atoms with Crippen molar-refractivity contribution in [3.05, 3.63) is 121 Å². The maximum Gasteiger partial charge on any atom is 0.255 e. The van der Waals surface area contributed by atoms with Crippen LogP contribution in [0.25, 0.3) is 22.2 Å². The van der Waals surface area contributed by atoms with E-state index < -0.39 is 0 Å². The summed E-state index contributed by atoms with van der Waals surface area (Å²) in [5, 5.41) is 10.7. The van der Waals surface area contributed by atoms with Crippen molar-refractivity contribution in [1.82, 2.24) is 15.0 Å². The molecule has 5 rings (SSSR count). The molecule has 8 heteroatoms. The number of allylic oxidation sites excluding steroid dienone is 1. The Bertz CT molecular complexity index is 1620. The molecule has 0 saturated heterocycles. The molecular formula is C29H23ClN6O. The van der Waals surface area contributed by atoms with Gasteiger partial charge in [0.2, 0.25) is 5.95 Å². The van der Waals surface area contributed by atoms with Crippen molar-refractivity contribution in [2.75, 3.05) is 16.0 Å². The van der Waals surface area contributed by atoms with Gasteiger partial charge in [-0.05, 0) is 54.6 Å². The van der Waals surface area contributed by atoms with E-state index in [0.29, 0.717) is 39.3 Å². The van der Waals surface area contributed by atoms with Gasteiger partial charge in [-0.2, -0.15) is 0 Å². The third kappa shape index (κ3) is 5.37. The van der Waals surface area contributed by atoms with Gasteiger partial charge in [-0.3, -0.25) is 4.79 Å². The van der Waals surface area contributed by atoms with Crippen molar-refractivity contribution in [3.63, 3.8) is 0 Å². The molecular weight excluding hydrogens is 484 g/mol. The lowest BCUT2D eigenvalue weighted by Crippen LogP contribution is -2.12. The van der Waals surface area contributed by atoms with Crippen molar-refractivity contribution in [2.24, 2.45) is 0 Å². The molecule has 0 fully saturated rings. The SMILES string of the molecule is C=CC(=C)Nc1ccc(C(=O)Nc2cccc(Nc3ncc(Cl)c(-c4c[nH]c5ccccc45)n3)c2)cc1. The standard InChI is InChI=1S/C29H23ClN6O/c1-3-18(2)33-20-13-11-19(12-14-20)28(37)34-21-7-6-8-22(15-21)35-29-32-17-25(30)27(36-29)24-16-31-26-10-5-4-9-23(24)26/h3-17,31,33H,1-2H2,(H,34,37)(H,32,35,36). The lowest BCUT2D eigenvalue weighted by atomic mass is 10.1. The van der Waals surface area contributed by atoms with E-state index in [9.17, 15) is 4.79 Å². The van der Waals surface area contributed by atoms with Gasteiger partial charge >= 0.3 is 0 Å². The van der Waals surface area contributed by atoms with E-state index in [2.05, 4.69) is 44.1 Å². The molecule has 0 radical (unpaired) electrons. The summed E-state index contributed by atoms with van der Waals surface area (Å²) in [5.41, 5.74) is 5.88. The number of hydrogen-bond donors (Lipinski definition) is 4. The van der Waals surface area contributed by atoms with Crippen LogP contribution in [0, 0.1) is 0 Å². The molecule has 3 aromatic carbocycles. The van der Waals surface area contributed by atoms with E-state index in [-0.39, 0.29) is 5.91 Å². The topological polar surface area (TPSA) is 94.7 Å². The Balaban J connectivity index is 1.31. The monoisotopic (exact) mass is 506 g/mol. The third-order valence-corrected chi connectivity index (χ3v) is 5.94. The number of rotatable bonds is 8. The first kappa shape index (κ1) is 23.8. The van der Waals surface area contributed by atoms with E-state index in [1.807, 2.05) is 66.9 Å². The van der Waals surface area contributed by atoms with Gasteiger partial charge in [0.05, 0.1) is 16.9 Å². The van der Waals surface area contributed by atoms with Crippen molar-refractivity contribution in [3.8, 4) is 11.3 Å². The molecule has 0 aliphatic rings. The summed E-state index contributed by atoms with van der Waals surface area (Å²) < 4.78 is 0. The molecule has 37 heavy (non-hydrogen) atoms. The Labute approximate surface area is 218 Å². The van der Waals surface area contributed by atoms with Crippen molar-refractivity contribution < 1.29 is 4.79 Å². The fourth-order valence-electron chi connectivity index (χ4n) is 3.83. The van der Waals surface area contributed by atoms with E-state index in [1.54, 1.807) is 24.4 Å². The van der Waals surface area contributed by atoms with Crippen LogP contribution >= 0.6 is 11.6 Å². The van der Waals surface area contributed by atoms with Crippen LogP contribution in [0.4, 0.5) is 23.0 Å². The number of benzene rings is 3. The maximum absolute atomic E-state index is 12.8. The number of carbonyl (C=O) groups is 1. The van der Waals surface area contributed by atoms with Crippen molar-refractivity contribution >= 4 is 51.4 Å². The van der Waals surface area contributed by atoms with Crippen LogP contribution < -0.4 is 16.0 Å². The Morgan fingerprint density at radius 2 is 1.73 bits per heavy atom. The molecule has 4 N–H and O–H groups in total. The van der Waals surface area contributed by atoms with E-state index in [1.165, 1.54) is 0 Å². The van der Waals surface area contributed by atoms with Gasteiger partial charge in [0, 0.05) is 51.0 Å². The summed E-state index contributed by atoms with van der Waals surface area (Å²) in [7, 11) is 0. The number of nitrogens with zero attached hydrogens (tertiary/aromatic N) is 2. The number of carbonyl (C=O) groups excluding carboxylic acids is 1. The fourth-order valence-corrected chi connectivity index (χ4v) is 4.02. The van der Waals surface area contributed by atoms with Crippen LogP contribution in [-0.4, -0.2) is 20.9 Å². The molecule has 7 nitrogen and oxygen atoms in total. The number of halogens is 1. The first-order valence-corrected chi connectivity index (χ1v) is 11.8. The fraction of sp³-hybridized carbons (Fsp3) is 0. The van der Waals surface area contributed by atoms with Gasteiger partial charge in [0.15, 0.2) is 0 Å². The normalized spacial score (nSPS) is 10.6. The lowest BCUT2D eigenvalue weighted by molar-refractivity contribution is 0.102. The van der Waals surface area contributed by atoms with Gasteiger partial charge in [0.1, 0.15) is 0 Å². The summed E-state index contributed by atoms with van der Waals surface area (Å²) in [4.78, 5) is 25.0. The highest BCUT2D eigenvalue weighted by atomic mass is 35.5. The van der Waals surface area contributed by atoms with Crippen LogP contribution in [0.3, 0.4) is 0 Å². The molecule has 1 amide bonds. The minimum absolute atomic E-state index is 0.226. The predicted octanol–water partition coefficient (Wildman–Crippen LogP) is 7.39. The molecule has 0 saturated carbocycles. The smallest absolute Gasteiger partial charge is 0.255 e. The average molecular weight is 507 g/mol. The largest absolute Gasteiger partial charge is 0.360 e. The van der Waals surface area contributed by atoms with Crippen molar-refractivity contribution in [2.45, 2.75) is 0 Å².